The molecule has 0 fully saturated rings. The van der Waals surface area contributed by atoms with E-state index in [1.165, 1.54) is 17.5 Å². The Morgan fingerprint density at radius 1 is 1.11 bits per heavy atom. The van der Waals surface area contributed by atoms with Crippen molar-refractivity contribution in [2.24, 2.45) is 5.92 Å². The summed E-state index contributed by atoms with van der Waals surface area (Å²) in [4.78, 5) is 0. The summed E-state index contributed by atoms with van der Waals surface area (Å²) in [6.07, 6.45) is 3.42. The molecule has 0 saturated carbocycles. The van der Waals surface area contributed by atoms with Crippen molar-refractivity contribution in [1.82, 2.24) is 5.32 Å². The van der Waals surface area contributed by atoms with Gasteiger partial charge in [0.05, 0.1) is 6.61 Å². The lowest BCUT2D eigenvalue weighted by Crippen LogP contribution is -2.18. The van der Waals surface area contributed by atoms with E-state index in [4.69, 9.17) is 4.74 Å². The third-order valence-electron chi connectivity index (χ3n) is 3.21. The van der Waals surface area contributed by atoms with Gasteiger partial charge in [-0.2, -0.15) is 0 Å². The molecule has 0 aliphatic heterocycles. The molecule has 0 spiro atoms. The molecule has 0 radical (unpaired) electrons. The summed E-state index contributed by atoms with van der Waals surface area (Å²) in [7, 11) is 0. The Bertz CT molecular complexity index is 336. The van der Waals surface area contributed by atoms with Gasteiger partial charge in [-0.25, -0.2) is 0 Å². The van der Waals surface area contributed by atoms with E-state index in [-0.39, 0.29) is 0 Å². The zero-order valence-electron chi connectivity index (χ0n) is 12.7. The largest absolute Gasteiger partial charge is 0.377 e. The van der Waals surface area contributed by atoms with Crippen molar-refractivity contribution in [1.29, 1.82) is 0 Å². The number of nitrogens with one attached hydrogen (secondary N) is 1. The smallest absolute Gasteiger partial charge is 0.0719 e. The summed E-state index contributed by atoms with van der Waals surface area (Å²) in [6.45, 7) is 10.4. The predicted molar refractivity (Wildman–Crippen MR) is 82.4 cm³/mol. The van der Waals surface area contributed by atoms with Crippen LogP contribution in [0.25, 0.3) is 0 Å². The lowest BCUT2D eigenvalue weighted by atomic mass is 10.1. The fraction of sp³-hybridized carbons (Fsp3) is 0.647. The molecule has 0 atom stereocenters. The molecule has 1 N–H and O–H groups in total. The topological polar surface area (TPSA) is 21.3 Å². The molecule has 0 saturated heterocycles. The maximum atomic E-state index is 5.78. The van der Waals surface area contributed by atoms with Gasteiger partial charge in [0.2, 0.25) is 0 Å². The van der Waals surface area contributed by atoms with Gasteiger partial charge in [-0.15, -0.1) is 0 Å². The second-order valence-corrected chi connectivity index (χ2v) is 5.50. The maximum Gasteiger partial charge on any atom is 0.0719 e. The van der Waals surface area contributed by atoms with E-state index in [2.05, 4.69) is 50.4 Å². The first-order valence-corrected chi connectivity index (χ1v) is 7.59. The summed E-state index contributed by atoms with van der Waals surface area (Å²) >= 11 is 0. The molecule has 0 aromatic heterocycles. The van der Waals surface area contributed by atoms with Gasteiger partial charge in [0, 0.05) is 6.61 Å². The van der Waals surface area contributed by atoms with Crippen molar-refractivity contribution in [3.63, 3.8) is 0 Å². The van der Waals surface area contributed by atoms with Crippen LogP contribution in [0.5, 0.6) is 0 Å². The Morgan fingerprint density at radius 3 is 2.53 bits per heavy atom. The van der Waals surface area contributed by atoms with Crippen molar-refractivity contribution in [2.75, 3.05) is 19.7 Å². The highest BCUT2D eigenvalue weighted by molar-refractivity contribution is 5.26. The summed E-state index contributed by atoms with van der Waals surface area (Å²) in [5.41, 5.74) is 2.75. The average Bonchev–Trinajstić information content (AvgIpc) is 2.41. The third kappa shape index (κ3) is 7.34. The average molecular weight is 263 g/mol. The molecule has 19 heavy (non-hydrogen) atoms. The fourth-order valence-electron chi connectivity index (χ4n) is 1.97. The SMILES string of the molecule is CCCNCCc1ccccc1COCCC(C)C. The molecule has 0 bridgehead atoms. The number of ether oxygens (including phenoxy) is 1. The van der Waals surface area contributed by atoms with Crippen LogP contribution >= 0.6 is 0 Å². The maximum absolute atomic E-state index is 5.78. The van der Waals surface area contributed by atoms with Crippen LogP contribution < -0.4 is 5.32 Å². The fourth-order valence-corrected chi connectivity index (χ4v) is 1.97. The van der Waals surface area contributed by atoms with Crippen LogP contribution in [0, 0.1) is 5.92 Å². The van der Waals surface area contributed by atoms with Gasteiger partial charge in [0.1, 0.15) is 0 Å². The van der Waals surface area contributed by atoms with Gasteiger partial charge in [-0.05, 0) is 49.4 Å². The second kappa shape index (κ2) is 9.99. The molecule has 0 heterocycles. The van der Waals surface area contributed by atoms with Crippen LogP contribution in [0.4, 0.5) is 0 Å². The Labute approximate surface area is 118 Å². The van der Waals surface area contributed by atoms with Crippen LogP contribution in [0.3, 0.4) is 0 Å². The van der Waals surface area contributed by atoms with E-state index in [1.807, 2.05) is 0 Å². The lowest BCUT2D eigenvalue weighted by Gasteiger charge is -2.11. The highest BCUT2D eigenvalue weighted by Gasteiger charge is 2.02. The van der Waals surface area contributed by atoms with E-state index >= 15 is 0 Å². The Balaban J connectivity index is 2.35. The zero-order chi connectivity index (χ0) is 13.9. The van der Waals surface area contributed by atoms with Gasteiger partial charge < -0.3 is 10.1 Å². The van der Waals surface area contributed by atoms with E-state index in [0.29, 0.717) is 5.92 Å². The monoisotopic (exact) mass is 263 g/mol. The van der Waals surface area contributed by atoms with Gasteiger partial charge in [-0.1, -0.05) is 45.0 Å². The van der Waals surface area contributed by atoms with Crippen molar-refractivity contribution in [2.45, 2.75) is 46.6 Å². The molecule has 1 rings (SSSR count). The predicted octanol–water partition coefficient (Wildman–Crippen LogP) is 3.79. The molecule has 2 heteroatoms. The third-order valence-corrected chi connectivity index (χ3v) is 3.21. The molecule has 0 aliphatic carbocycles. The van der Waals surface area contributed by atoms with Crippen LogP contribution in [0.1, 0.15) is 44.7 Å². The van der Waals surface area contributed by atoms with Crippen molar-refractivity contribution in [3.8, 4) is 0 Å². The Morgan fingerprint density at radius 2 is 1.84 bits per heavy atom. The van der Waals surface area contributed by atoms with E-state index in [9.17, 15) is 0 Å². The molecule has 1 aromatic carbocycles. The molecule has 108 valence electrons. The lowest BCUT2D eigenvalue weighted by molar-refractivity contribution is 0.110. The standard InChI is InChI=1S/C17H29NO/c1-4-11-18-12-9-16-7-5-6-8-17(16)14-19-13-10-15(2)3/h5-8,15,18H,4,9-14H2,1-3H3. The number of rotatable bonds is 10. The summed E-state index contributed by atoms with van der Waals surface area (Å²) in [6, 6.07) is 8.62. The minimum absolute atomic E-state index is 0.716. The summed E-state index contributed by atoms with van der Waals surface area (Å²) in [5, 5.41) is 3.45. The number of benzene rings is 1. The summed E-state index contributed by atoms with van der Waals surface area (Å²) in [5.74, 6) is 0.716. The summed E-state index contributed by atoms with van der Waals surface area (Å²) < 4.78 is 5.78. The molecular weight excluding hydrogens is 234 g/mol. The number of hydrogen-bond donors (Lipinski definition) is 1. The Hall–Kier alpha value is -0.860. The Kier molecular flexibility index (Phi) is 8.52. The molecule has 0 amide bonds. The van der Waals surface area contributed by atoms with Gasteiger partial charge in [-0.3, -0.25) is 0 Å². The van der Waals surface area contributed by atoms with Crippen LogP contribution in [0.15, 0.2) is 24.3 Å². The minimum Gasteiger partial charge on any atom is -0.377 e. The van der Waals surface area contributed by atoms with Crippen LogP contribution in [-0.2, 0) is 17.8 Å². The zero-order valence-corrected chi connectivity index (χ0v) is 12.7. The minimum atomic E-state index is 0.716. The van der Waals surface area contributed by atoms with Crippen molar-refractivity contribution >= 4 is 0 Å². The van der Waals surface area contributed by atoms with Crippen molar-refractivity contribution in [3.05, 3.63) is 35.4 Å². The van der Waals surface area contributed by atoms with Gasteiger partial charge >= 0.3 is 0 Å². The molecule has 0 unspecified atom stereocenters. The van der Waals surface area contributed by atoms with E-state index in [1.54, 1.807) is 0 Å². The molecule has 2 nitrogen and oxygen atoms in total. The van der Waals surface area contributed by atoms with E-state index < -0.39 is 0 Å². The highest BCUT2D eigenvalue weighted by Crippen LogP contribution is 2.11. The number of hydrogen-bond acceptors (Lipinski definition) is 2. The first kappa shape index (κ1) is 16.2. The van der Waals surface area contributed by atoms with Gasteiger partial charge in [0.15, 0.2) is 0 Å². The normalized spacial score (nSPS) is 11.2. The van der Waals surface area contributed by atoms with Crippen LogP contribution in [0.2, 0.25) is 0 Å². The van der Waals surface area contributed by atoms with Gasteiger partial charge in [0.25, 0.3) is 0 Å². The second-order valence-electron chi connectivity index (χ2n) is 5.50. The van der Waals surface area contributed by atoms with E-state index in [0.717, 1.165) is 39.1 Å². The first-order valence-electron chi connectivity index (χ1n) is 7.59. The quantitative estimate of drug-likeness (QED) is 0.648. The molecular formula is C17H29NO. The van der Waals surface area contributed by atoms with Crippen LogP contribution in [-0.4, -0.2) is 19.7 Å². The molecule has 1 aromatic rings. The molecule has 0 aliphatic rings. The van der Waals surface area contributed by atoms with Crippen molar-refractivity contribution < 1.29 is 4.74 Å². The first-order chi connectivity index (χ1) is 9.24. The highest BCUT2D eigenvalue weighted by atomic mass is 16.5.